The van der Waals surface area contributed by atoms with Crippen LogP contribution < -0.4 is 0 Å². The summed E-state index contributed by atoms with van der Waals surface area (Å²) in [5.74, 6) is 0. The summed E-state index contributed by atoms with van der Waals surface area (Å²) in [5.41, 5.74) is 9.91. The van der Waals surface area contributed by atoms with Gasteiger partial charge in [0, 0.05) is 0 Å². The maximum Gasteiger partial charge on any atom is -0.00261 e. The summed E-state index contributed by atoms with van der Waals surface area (Å²) in [6.07, 6.45) is 0. The molecular weight excluding hydrogens is 649 g/mol. The zero-order valence-electron chi connectivity index (χ0n) is 29.6. The van der Waals surface area contributed by atoms with Gasteiger partial charge in [0.25, 0.3) is 0 Å². The average Bonchev–Trinajstić information content (AvgIpc) is 3.25. The zero-order valence-corrected chi connectivity index (χ0v) is 29.6. The maximum atomic E-state index is 2.43. The van der Waals surface area contributed by atoms with Crippen LogP contribution in [0.4, 0.5) is 0 Å². The molecule has 0 aromatic heterocycles. The summed E-state index contributed by atoms with van der Waals surface area (Å²) < 4.78 is 0. The van der Waals surface area contributed by atoms with E-state index in [0.29, 0.717) is 0 Å². The fourth-order valence-corrected chi connectivity index (χ4v) is 8.80. The molecule has 0 unspecified atom stereocenters. The Kier molecular flexibility index (Phi) is 6.97. The van der Waals surface area contributed by atoms with Crippen molar-refractivity contribution in [3.05, 3.63) is 206 Å². The van der Waals surface area contributed by atoms with Crippen molar-refractivity contribution in [2.75, 3.05) is 0 Å². The molecule has 11 aromatic rings. The molecule has 0 saturated carbocycles. The van der Waals surface area contributed by atoms with Crippen LogP contribution in [0, 0.1) is 0 Å². The monoisotopic (exact) mass is 682 g/mol. The first-order valence-corrected chi connectivity index (χ1v) is 18.7. The Morgan fingerprint density at radius 1 is 0.185 bits per heavy atom. The molecule has 0 atom stereocenters. The molecule has 0 nitrogen and oxygen atoms in total. The summed E-state index contributed by atoms with van der Waals surface area (Å²) in [6.45, 7) is 0. The molecule has 0 saturated heterocycles. The Morgan fingerprint density at radius 2 is 0.611 bits per heavy atom. The number of fused-ring (bicyclic) bond motifs is 7. The van der Waals surface area contributed by atoms with Crippen LogP contribution in [0.3, 0.4) is 0 Å². The predicted molar refractivity (Wildman–Crippen MR) is 233 cm³/mol. The normalized spacial score (nSPS) is 11.7. The second kappa shape index (κ2) is 12.3. The molecule has 0 aliphatic rings. The van der Waals surface area contributed by atoms with Crippen LogP contribution in [0.2, 0.25) is 0 Å². The van der Waals surface area contributed by atoms with Crippen molar-refractivity contribution < 1.29 is 0 Å². The maximum absolute atomic E-state index is 2.43. The van der Waals surface area contributed by atoms with E-state index in [0.717, 1.165) is 0 Å². The van der Waals surface area contributed by atoms with Crippen LogP contribution >= 0.6 is 0 Å². The van der Waals surface area contributed by atoms with Crippen molar-refractivity contribution in [2.45, 2.75) is 0 Å². The summed E-state index contributed by atoms with van der Waals surface area (Å²) >= 11 is 0. The van der Waals surface area contributed by atoms with Gasteiger partial charge < -0.3 is 0 Å². The van der Waals surface area contributed by atoms with E-state index in [-0.39, 0.29) is 0 Å². The second-order valence-corrected chi connectivity index (χ2v) is 14.4. The third kappa shape index (κ3) is 4.92. The van der Waals surface area contributed by atoms with Crippen molar-refractivity contribution >= 4 is 64.6 Å². The lowest BCUT2D eigenvalue weighted by molar-refractivity contribution is 1.63. The van der Waals surface area contributed by atoms with Crippen LogP contribution in [-0.2, 0) is 0 Å². The van der Waals surface area contributed by atoms with Gasteiger partial charge in [-0.3, -0.25) is 0 Å². The highest BCUT2D eigenvalue weighted by Crippen LogP contribution is 2.46. The number of hydrogen-bond acceptors (Lipinski definition) is 0. The van der Waals surface area contributed by atoms with Gasteiger partial charge in [0.2, 0.25) is 0 Å². The fraction of sp³-hybridized carbons (Fsp3) is 0. The highest BCUT2D eigenvalue weighted by molar-refractivity contribution is 6.22. The van der Waals surface area contributed by atoms with Crippen molar-refractivity contribution in [3.63, 3.8) is 0 Å². The van der Waals surface area contributed by atoms with E-state index in [1.54, 1.807) is 0 Å². The van der Waals surface area contributed by atoms with E-state index < -0.39 is 0 Å². The third-order valence-electron chi connectivity index (χ3n) is 11.4. The van der Waals surface area contributed by atoms with E-state index in [1.807, 2.05) is 0 Å². The first kappa shape index (κ1) is 30.6. The number of benzene rings is 11. The summed E-state index contributed by atoms with van der Waals surface area (Å²) in [4.78, 5) is 0. The van der Waals surface area contributed by atoms with Gasteiger partial charge in [-0.2, -0.15) is 0 Å². The molecule has 250 valence electrons. The van der Waals surface area contributed by atoms with Crippen molar-refractivity contribution in [1.82, 2.24) is 0 Å². The minimum absolute atomic E-state index is 1.21. The predicted octanol–water partition coefficient (Wildman–Crippen LogP) is 15.3. The van der Waals surface area contributed by atoms with Gasteiger partial charge in [-0.05, 0) is 133 Å². The zero-order chi connectivity index (χ0) is 35.6. The second-order valence-electron chi connectivity index (χ2n) is 14.4. The molecule has 0 amide bonds. The number of hydrogen-bond donors (Lipinski definition) is 0. The first-order chi connectivity index (χ1) is 26.8. The lowest BCUT2D eigenvalue weighted by Crippen LogP contribution is -1.92. The van der Waals surface area contributed by atoms with Crippen LogP contribution in [0.15, 0.2) is 206 Å². The Hall–Kier alpha value is -7.02. The van der Waals surface area contributed by atoms with Crippen molar-refractivity contribution in [2.24, 2.45) is 0 Å². The topological polar surface area (TPSA) is 0 Å². The van der Waals surface area contributed by atoms with Crippen molar-refractivity contribution in [1.29, 1.82) is 0 Å². The summed E-state index contributed by atoms with van der Waals surface area (Å²) in [7, 11) is 0. The minimum atomic E-state index is 1.21. The molecule has 0 heterocycles. The molecule has 0 aliphatic carbocycles. The summed E-state index contributed by atoms with van der Waals surface area (Å²) in [5, 5.41) is 15.2. The Bertz CT molecular complexity index is 3260. The molecule has 11 rings (SSSR count). The van der Waals surface area contributed by atoms with Crippen LogP contribution in [0.25, 0.3) is 109 Å². The highest BCUT2D eigenvalue weighted by atomic mass is 14.2. The molecule has 54 heavy (non-hydrogen) atoms. The van der Waals surface area contributed by atoms with Gasteiger partial charge in [-0.1, -0.05) is 182 Å². The highest BCUT2D eigenvalue weighted by Gasteiger charge is 2.18. The van der Waals surface area contributed by atoms with E-state index in [1.165, 1.54) is 109 Å². The van der Waals surface area contributed by atoms with Crippen LogP contribution in [0.1, 0.15) is 0 Å². The van der Waals surface area contributed by atoms with E-state index in [4.69, 9.17) is 0 Å². The summed E-state index contributed by atoms with van der Waals surface area (Å²) in [6, 6.07) is 76.3. The van der Waals surface area contributed by atoms with Gasteiger partial charge in [0.05, 0.1) is 0 Å². The van der Waals surface area contributed by atoms with Crippen LogP contribution in [0.5, 0.6) is 0 Å². The molecule has 11 aromatic carbocycles. The van der Waals surface area contributed by atoms with Gasteiger partial charge in [0.15, 0.2) is 0 Å². The fourth-order valence-electron chi connectivity index (χ4n) is 8.80. The van der Waals surface area contributed by atoms with E-state index >= 15 is 0 Å². The molecule has 0 fully saturated rings. The molecule has 0 bridgehead atoms. The molecule has 0 aliphatic heterocycles. The molecule has 0 N–H and O–H groups in total. The lowest BCUT2D eigenvalue weighted by atomic mass is 9.84. The smallest absolute Gasteiger partial charge is 0.00261 e. The molecule has 0 heteroatoms. The minimum Gasteiger partial charge on any atom is -0.0616 e. The number of rotatable bonds is 4. The van der Waals surface area contributed by atoms with E-state index in [9.17, 15) is 0 Å². The first-order valence-electron chi connectivity index (χ1n) is 18.7. The molecule has 0 spiro atoms. The van der Waals surface area contributed by atoms with Gasteiger partial charge >= 0.3 is 0 Å². The van der Waals surface area contributed by atoms with Gasteiger partial charge in [-0.25, -0.2) is 0 Å². The SMILES string of the molecule is c1ccc2cc(-c3ccc4c(-c5ccc6ccccc6c5)c5ccccc5c(-c5ccc(-c6cc7ccccc7c7ccccc67)cc5)c4c3)ccc2c1. The Balaban J connectivity index is 1.16. The quantitative estimate of drug-likeness (QED) is 0.128. The van der Waals surface area contributed by atoms with Crippen molar-refractivity contribution in [3.8, 4) is 44.5 Å². The standard InChI is InChI=1S/C54H34/c1-3-13-39-31-41(27-21-35(39)11-1)42-29-30-50-52(33-42)53(48-19-9-10-20-49(48)54(50)44-28-22-36-12-2-4-14-40(36)32-44)38-25-23-37(24-26-38)51-34-43-15-5-6-16-45(43)46-17-7-8-18-47(46)51/h1-34H. The lowest BCUT2D eigenvalue weighted by Gasteiger charge is -2.19. The molecular formula is C54H34. The van der Waals surface area contributed by atoms with Gasteiger partial charge in [-0.15, -0.1) is 0 Å². The third-order valence-corrected chi connectivity index (χ3v) is 11.4. The van der Waals surface area contributed by atoms with Crippen LogP contribution in [-0.4, -0.2) is 0 Å². The average molecular weight is 683 g/mol. The Labute approximate surface area is 314 Å². The largest absolute Gasteiger partial charge is 0.0616 e. The molecule has 0 radical (unpaired) electrons. The Morgan fingerprint density at radius 3 is 1.30 bits per heavy atom. The van der Waals surface area contributed by atoms with E-state index in [2.05, 4.69) is 206 Å². The van der Waals surface area contributed by atoms with Gasteiger partial charge in [0.1, 0.15) is 0 Å².